The number of ether oxygens (including phenoxy) is 4. The molecule has 1 N–H and O–H groups in total. The van der Waals surface area contributed by atoms with E-state index in [9.17, 15) is 14.4 Å². The molecule has 186 valence electrons. The zero-order valence-electron chi connectivity index (χ0n) is 20.5. The van der Waals surface area contributed by atoms with Gasteiger partial charge in [-0.25, -0.2) is 14.4 Å². The van der Waals surface area contributed by atoms with Crippen LogP contribution in [0.1, 0.15) is 54.3 Å². The van der Waals surface area contributed by atoms with Gasteiger partial charge in [0.2, 0.25) is 0 Å². The third-order valence-corrected chi connectivity index (χ3v) is 6.86. The van der Waals surface area contributed by atoms with Crippen molar-refractivity contribution < 1.29 is 33.3 Å². The number of hydrogen-bond acceptors (Lipinski definition) is 8. The Morgan fingerprint density at radius 1 is 1.00 bits per heavy atom. The van der Waals surface area contributed by atoms with E-state index >= 15 is 0 Å². The number of carbonyl (C=O) groups is 3. The molecule has 2 aliphatic carbocycles. The van der Waals surface area contributed by atoms with Gasteiger partial charge in [0, 0.05) is 19.1 Å². The number of likely N-dealkylation sites (tertiary alicyclic amines) is 1. The van der Waals surface area contributed by atoms with Crippen molar-refractivity contribution in [1.82, 2.24) is 10.2 Å². The molecular formula is C25H34N2O7. The first kappa shape index (κ1) is 24.3. The standard InChI is InChI=1S/C25H34N2O7/c1-25(2,3)34-24(30)27-12-20-19(21(20)13-27)11-26-14-8-16(9-14)33-15-6-7-17(22(28)31-4)18(10-15)23(29)32-5/h6-7,10,14,16,19-21,26H,8-9,11-13H2,1-5H3/t14-,16-,19-,20+,21?/m0/s1. The van der Waals surface area contributed by atoms with Crippen molar-refractivity contribution >= 4 is 18.0 Å². The smallest absolute Gasteiger partial charge is 0.410 e. The molecule has 9 nitrogen and oxygen atoms in total. The molecule has 0 spiro atoms. The zero-order valence-corrected chi connectivity index (χ0v) is 20.5. The SMILES string of the molecule is COC(=O)c1ccc(O[C@H]2C[C@H](NC[C@@H]3C4CN(C(=O)OC(C)(C)C)C[C@@H]43)C2)cc1C(=O)OC. The number of hydrogen-bond donors (Lipinski definition) is 1. The van der Waals surface area contributed by atoms with E-state index in [1.165, 1.54) is 26.4 Å². The number of piperidine rings is 1. The Bertz CT molecular complexity index is 939. The van der Waals surface area contributed by atoms with Gasteiger partial charge < -0.3 is 29.2 Å². The first-order valence-corrected chi connectivity index (χ1v) is 11.8. The monoisotopic (exact) mass is 474 g/mol. The number of amides is 1. The molecule has 1 aliphatic heterocycles. The van der Waals surface area contributed by atoms with Gasteiger partial charge >= 0.3 is 18.0 Å². The first-order chi connectivity index (χ1) is 16.1. The van der Waals surface area contributed by atoms with Crippen LogP contribution in [0, 0.1) is 17.8 Å². The lowest BCUT2D eigenvalue weighted by atomic mass is 9.89. The highest BCUT2D eigenvalue weighted by atomic mass is 16.6. The van der Waals surface area contributed by atoms with Gasteiger partial charge in [-0.2, -0.15) is 0 Å². The van der Waals surface area contributed by atoms with Gasteiger partial charge in [-0.1, -0.05) is 0 Å². The summed E-state index contributed by atoms with van der Waals surface area (Å²) in [5.41, 5.74) is -0.186. The molecule has 1 unspecified atom stereocenters. The second-order valence-electron chi connectivity index (χ2n) is 10.4. The summed E-state index contributed by atoms with van der Waals surface area (Å²) in [5.74, 6) is 1.06. The van der Waals surface area contributed by atoms with Crippen LogP contribution in [0.3, 0.4) is 0 Å². The van der Waals surface area contributed by atoms with E-state index in [2.05, 4.69) is 5.32 Å². The highest BCUT2D eigenvalue weighted by molar-refractivity contribution is 6.03. The zero-order chi connectivity index (χ0) is 24.6. The fourth-order valence-corrected chi connectivity index (χ4v) is 4.91. The van der Waals surface area contributed by atoms with Crippen LogP contribution in [0.4, 0.5) is 4.79 Å². The van der Waals surface area contributed by atoms with Crippen molar-refractivity contribution in [3.05, 3.63) is 29.3 Å². The highest BCUT2D eigenvalue weighted by Crippen LogP contribution is 2.51. The molecule has 2 saturated carbocycles. The van der Waals surface area contributed by atoms with Gasteiger partial charge in [0.25, 0.3) is 0 Å². The molecule has 3 fully saturated rings. The molecule has 4 rings (SSSR count). The molecule has 1 saturated heterocycles. The molecule has 0 bridgehead atoms. The number of esters is 2. The Morgan fingerprint density at radius 3 is 2.21 bits per heavy atom. The van der Waals surface area contributed by atoms with E-state index in [1.54, 1.807) is 6.07 Å². The number of rotatable bonds is 7. The average molecular weight is 475 g/mol. The van der Waals surface area contributed by atoms with Crippen LogP contribution in [0.25, 0.3) is 0 Å². The molecule has 1 aromatic rings. The van der Waals surface area contributed by atoms with Crippen molar-refractivity contribution in [1.29, 1.82) is 0 Å². The highest BCUT2D eigenvalue weighted by Gasteiger charge is 2.56. The summed E-state index contributed by atoms with van der Waals surface area (Å²) < 4.78 is 21.0. The minimum absolute atomic E-state index is 0.0494. The number of benzene rings is 1. The molecule has 0 radical (unpaired) electrons. The van der Waals surface area contributed by atoms with Gasteiger partial charge in [0.1, 0.15) is 17.5 Å². The van der Waals surface area contributed by atoms with E-state index < -0.39 is 17.5 Å². The summed E-state index contributed by atoms with van der Waals surface area (Å²) >= 11 is 0. The third-order valence-electron chi connectivity index (χ3n) is 6.86. The average Bonchev–Trinajstić information content (AvgIpc) is 3.20. The van der Waals surface area contributed by atoms with Crippen LogP contribution < -0.4 is 10.1 Å². The molecule has 3 atom stereocenters. The van der Waals surface area contributed by atoms with Gasteiger partial charge in [-0.05, 0) is 76.1 Å². The van der Waals surface area contributed by atoms with Gasteiger partial charge in [0.05, 0.1) is 25.3 Å². The van der Waals surface area contributed by atoms with E-state index in [0.717, 1.165) is 32.5 Å². The Morgan fingerprint density at radius 2 is 1.62 bits per heavy atom. The Labute approximate surface area is 200 Å². The Hall–Kier alpha value is -2.81. The second kappa shape index (κ2) is 9.44. The maximum atomic E-state index is 12.2. The minimum atomic E-state index is -0.612. The summed E-state index contributed by atoms with van der Waals surface area (Å²) in [6.07, 6.45) is 1.59. The number of fused-ring (bicyclic) bond motifs is 1. The molecule has 0 aromatic heterocycles. The maximum absolute atomic E-state index is 12.2. The molecule has 34 heavy (non-hydrogen) atoms. The van der Waals surface area contributed by atoms with E-state index in [0.29, 0.717) is 29.5 Å². The van der Waals surface area contributed by atoms with Gasteiger partial charge in [-0.3, -0.25) is 0 Å². The number of methoxy groups -OCH3 is 2. The number of nitrogens with zero attached hydrogens (tertiary/aromatic N) is 1. The molecule has 1 aromatic carbocycles. The predicted octanol–water partition coefficient (Wildman–Crippen LogP) is 2.87. The van der Waals surface area contributed by atoms with Crippen molar-refractivity contribution in [3.63, 3.8) is 0 Å². The van der Waals surface area contributed by atoms with Crippen molar-refractivity contribution in [2.24, 2.45) is 17.8 Å². The molecular weight excluding hydrogens is 440 g/mol. The molecule has 1 heterocycles. The van der Waals surface area contributed by atoms with Crippen LogP contribution in [0.15, 0.2) is 18.2 Å². The molecule has 9 heteroatoms. The number of nitrogens with one attached hydrogen (secondary N) is 1. The van der Waals surface area contributed by atoms with Crippen LogP contribution >= 0.6 is 0 Å². The fourth-order valence-electron chi connectivity index (χ4n) is 4.91. The van der Waals surface area contributed by atoms with Crippen LogP contribution in [0.2, 0.25) is 0 Å². The summed E-state index contributed by atoms with van der Waals surface area (Å²) in [7, 11) is 2.53. The quantitative estimate of drug-likeness (QED) is 0.475. The van der Waals surface area contributed by atoms with Crippen LogP contribution in [-0.2, 0) is 14.2 Å². The van der Waals surface area contributed by atoms with Crippen molar-refractivity contribution in [2.75, 3.05) is 33.9 Å². The molecule has 3 aliphatic rings. The number of carbonyl (C=O) groups excluding carboxylic acids is 3. The summed E-state index contributed by atoms with van der Waals surface area (Å²) in [6, 6.07) is 5.11. The summed E-state index contributed by atoms with van der Waals surface area (Å²) in [4.78, 5) is 38.0. The lowest BCUT2D eigenvalue weighted by Crippen LogP contribution is -2.48. The van der Waals surface area contributed by atoms with Crippen molar-refractivity contribution in [3.8, 4) is 5.75 Å². The van der Waals surface area contributed by atoms with Crippen LogP contribution in [-0.4, -0.2) is 74.5 Å². The lowest BCUT2D eigenvalue weighted by Gasteiger charge is -2.36. The van der Waals surface area contributed by atoms with Crippen LogP contribution in [0.5, 0.6) is 5.75 Å². The third kappa shape index (κ3) is 5.29. The van der Waals surface area contributed by atoms with E-state index in [1.807, 2.05) is 25.7 Å². The maximum Gasteiger partial charge on any atom is 0.410 e. The topological polar surface area (TPSA) is 103 Å². The largest absolute Gasteiger partial charge is 0.490 e. The van der Waals surface area contributed by atoms with E-state index in [4.69, 9.17) is 18.9 Å². The normalized spacial score (nSPS) is 27.3. The summed E-state index contributed by atoms with van der Waals surface area (Å²) in [5, 5.41) is 3.63. The lowest BCUT2D eigenvalue weighted by molar-refractivity contribution is 0.0263. The van der Waals surface area contributed by atoms with Gasteiger partial charge in [-0.15, -0.1) is 0 Å². The Kier molecular flexibility index (Phi) is 6.75. The summed E-state index contributed by atoms with van der Waals surface area (Å²) in [6.45, 7) is 8.19. The minimum Gasteiger partial charge on any atom is -0.490 e. The van der Waals surface area contributed by atoms with Crippen molar-refractivity contribution in [2.45, 2.75) is 51.4 Å². The Balaban J connectivity index is 1.19. The second-order valence-corrected chi connectivity index (χ2v) is 10.4. The van der Waals surface area contributed by atoms with E-state index in [-0.39, 0.29) is 23.3 Å². The van der Waals surface area contributed by atoms with Gasteiger partial charge in [0.15, 0.2) is 0 Å². The predicted molar refractivity (Wildman–Crippen MR) is 123 cm³/mol. The first-order valence-electron chi connectivity index (χ1n) is 11.8. The molecule has 1 amide bonds. The fraction of sp³-hybridized carbons (Fsp3) is 0.640.